The quantitative estimate of drug-likeness (QED) is 0.563. The van der Waals surface area contributed by atoms with Crippen molar-refractivity contribution in [3.8, 4) is 0 Å². The van der Waals surface area contributed by atoms with Crippen molar-refractivity contribution in [2.45, 2.75) is 18.4 Å². The van der Waals surface area contributed by atoms with Crippen molar-refractivity contribution in [2.24, 2.45) is 0 Å². The molecule has 0 saturated heterocycles. The minimum Gasteiger partial charge on any atom is -0.315 e. The lowest BCUT2D eigenvalue weighted by molar-refractivity contribution is 0.571. The molecule has 0 fully saturated rings. The SMILES string of the molecule is CCCNCCNS(=O)(=O)c1ccn[nH]1. The van der Waals surface area contributed by atoms with Gasteiger partial charge in [-0.15, -0.1) is 0 Å². The van der Waals surface area contributed by atoms with E-state index in [1.54, 1.807) is 0 Å². The largest absolute Gasteiger partial charge is 0.315 e. The van der Waals surface area contributed by atoms with Crippen LogP contribution in [0.15, 0.2) is 17.3 Å². The molecule has 6 nitrogen and oxygen atoms in total. The van der Waals surface area contributed by atoms with Crippen molar-refractivity contribution in [3.05, 3.63) is 12.3 Å². The lowest BCUT2D eigenvalue weighted by Crippen LogP contribution is -2.32. The topological polar surface area (TPSA) is 86.9 Å². The second-order valence-corrected chi connectivity index (χ2v) is 4.80. The first-order valence-corrected chi connectivity index (χ1v) is 6.35. The molecule has 86 valence electrons. The Morgan fingerprint density at radius 3 is 2.80 bits per heavy atom. The summed E-state index contributed by atoms with van der Waals surface area (Å²) in [6, 6.07) is 1.42. The molecular formula is C8H16N4O2S. The summed E-state index contributed by atoms with van der Waals surface area (Å²) in [4.78, 5) is 0. The summed E-state index contributed by atoms with van der Waals surface area (Å²) in [5, 5.41) is 9.19. The van der Waals surface area contributed by atoms with E-state index in [0.717, 1.165) is 13.0 Å². The van der Waals surface area contributed by atoms with Gasteiger partial charge in [0.15, 0.2) is 5.03 Å². The molecule has 0 spiro atoms. The summed E-state index contributed by atoms with van der Waals surface area (Å²) in [7, 11) is -3.41. The number of nitrogens with one attached hydrogen (secondary N) is 3. The van der Waals surface area contributed by atoms with Crippen molar-refractivity contribution >= 4 is 10.0 Å². The summed E-state index contributed by atoms with van der Waals surface area (Å²) >= 11 is 0. The molecule has 0 aliphatic heterocycles. The molecule has 1 heterocycles. The summed E-state index contributed by atoms with van der Waals surface area (Å²) < 4.78 is 25.5. The van der Waals surface area contributed by atoms with Crippen LogP contribution in [0.25, 0.3) is 0 Å². The van der Waals surface area contributed by atoms with Gasteiger partial charge >= 0.3 is 0 Å². The van der Waals surface area contributed by atoms with E-state index in [-0.39, 0.29) is 5.03 Å². The molecular weight excluding hydrogens is 216 g/mol. The molecule has 1 aromatic rings. The van der Waals surface area contributed by atoms with Gasteiger partial charge in [0.1, 0.15) is 0 Å². The van der Waals surface area contributed by atoms with Crippen molar-refractivity contribution in [1.82, 2.24) is 20.2 Å². The van der Waals surface area contributed by atoms with Gasteiger partial charge < -0.3 is 5.32 Å². The first kappa shape index (κ1) is 12.2. The zero-order chi connectivity index (χ0) is 11.1. The number of sulfonamides is 1. The van der Waals surface area contributed by atoms with E-state index in [1.165, 1.54) is 12.3 Å². The van der Waals surface area contributed by atoms with Crippen LogP contribution in [0.1, 0.15) is 13.3 Å². The second kappa shape index (κ2) is 5.84. The molecule has 3 N–H and O–H groups in total. The average molecular weight is 232 g/mol. The Bertz CT molecular complexity index is 360. The first-order valence-electron chi connectivity index (χ1n) is 4.86. The molecule has 1 aromatic heterocycles. The smallest absolute Gasteiger partial charge is 0.257 e. The highest BCUT2D eigenvalue weighted by Gasteiger charge is 2.13. The van der Waals surface area contributed by atoms with Gasteiger partial charge in [-0.3, -0.25) is 5.10 Å². The highest BCUT2D eigenvalue weighted by Crippen LogP contribution is 2.00. The zero-order valence-electron chi connectivity index (χ0n) is 8.66. The fraction of sp³-hybridized carbons (Fsp3) is 0.625. The molecule has 0 aliphatic carbocycles. The number of rotatable bonds is 7. The van der Waals surface area contributed by atoms with Gasteiger partial charge in [0.2, 0.25) is 0 Å². The Labute approximate surface area is 89.5 Å². The Kier molecular flexibility index (Phi) is 4.73. The van der Waals surface area contributed by atoms with Gasteiger partial charge in [0.05, 0.1) is 6.20 Å². The number of hydrogen-bond donors (Lipinski definition) is 3. The molecule has 1 rings (SSSR count). The molecule has 0 amide bonds. The number of aromatic amines is 1. The van der Waals surface area contributed by atoms with E-state index in [4.69, 9.17) is 0 Å². The van der Waals surface area contributed by atoms with Crippen molar-refractivity contribution in [3.63, 3.8) is 0 Å². The van der Waals surface area contributed by atoms with Crippen LogP contribution in [-0.2, 0) is 10.0 Å². The predicted octanol–water partition coefficient (Wildman–Crippen LogP) is -0.312. The molecule has 0 atom stereocenters. The van der Waals surface area contributed by atoms with Crippen LogP contribution in [-0.4, -0.2) is 38.2 Å². The summed E-state index contributed by atoms with van der Waals surface area (Å²) in [5.74, 6) is 0. The Morgan fingerprint density at radius 1 is 1.40 bits per heavy atom. The van der Waals surface area contributed by atoms with E-state index in [0.29, 0.717) is 13.1 Å². The standard InChI is InChI=1S/C8H16N4O2S/c1-2-4-9-6-7-11-15(13,14)8-3-5-10-12-8/h3,5,9,11H,2,4,6-7H2,1H3,(H,10,12). The molecule has 0 aromatic carbocycles. The van der Waals surface area contributed by atoms with Crippen LogP contribution < -0.4 is 10.0 Å². The molecule has 0 aliphatic rings. The van der Waals surface area contributed by atoms with E-state index >= 15 is 0 Å². The highest BCUT2D eigenvalue weighted by atomic mass is 32.2. The lowest BCUT2D eigenvalue weighted by atomic mass is 10.5. The van der Waals surface area contributed by atoms with Gasteiger partial charge in [-0.1, -0.05) is 6.92 Å². The van der Waals surface area contributed by atoms with E-state index < -0.39 is 10.0 Å². The highest BCUT2D eigenvalue weighted by molar-refractivity contribution is 7.89. The van der Waals surface area contributed by atoms with Crippen LogP contribution in [0.5, 0.6) is 0 Å². The van der Waals surface area contributed by atoms with Crippen molar-refractivity contribution < 1.29 is 8.42 Å². The Hall–Kier alpha value is -0.920. The van der Waals surface area contributed by atoms with Crippen LogP contribution >= 0.6 is 0 Å². The second-order valence-electron chi connectivity index (χ2n) is 3.07. The molecule has 7 heteroatoms. The fourth-order valence-electron chi connectivity index (χ4n) is 1.05. The third kappa shape index (κ3) is 3.98. The molecule has 0 radical (unpaired) electrons. The monoisotopic (exact) mass is 232 g/mol. The number of aromatic nitrogens is 2. The lowest BCUT2D eigenvalue weighted by Gasteiger charge is -2.05. The summed E-state index contributed by atoms with van der Waals surface area (Å²) in [6.45, 7) is 3.95. The van der Waals surface area contributed by atoms with Gasteiger partial charge in [0.25, 0.3) is 10.0 Å². The van der Waals surface area contributed by atoms with Gasteiger partial charge in [-0.25, -0.2) is 13.1 Å². The van der Waals surface area contributed by atoms with Gasteiger partial charge in [0, 0.05) is 13.1 Å². The fourth-order valence-corrected chi connectivity index (χ4v) is 1.99. The Morgan fingerprint density at radius 2 is 2.20 bits per heavy atom. The van der Waals surface area contributed by atoms with Crippen LogP contribution in [0.2, 0.25) is 0 Å². The van der Waals surface area contributed by atoms with Crippen molar-refractivity contribution in [2.75, 3.05) is 19.6 Å². The zero-order valence-corrected chi connectivity index (χ0v) is 9.47. The number of hydrogen-bond acceptors (Lipinski definition) is 4. The van der Waals surface area contributed by atoms with E-state index in [9.17, 15) is 8.42 Å². The predicted molar refractivity (Wildman–Crippen MR) is 56.9 cm³/mol. The maximum absolute atomic E-state index is 11.5. The average Bonchev–Trinajstić information content (AvgIpc) is 2.70. The normalized spacial score (nSPS) is 11.8. The van der Waals surface area contributed by atoms with E-state index in [2.05, 4.69) is 27.2 Å². The minimum absolute atomic E-state index is 0.0954. The van der Waals surface area contributed by atoms with Crippen LogP contribution in [0.4, 0.5) is 0 Å². The molecule has 0 saturated carbocycles. The van der Waals surface area contributed by atoms with E-state index in [1.807, 2.05) is 0 Å². The third-order valence-corrected chi connectivity index (χ3v) is 3.18. The molecule has 15 heavy (non-hydrogen) atoms. The van der Waals surface area contributed by atoms with Crippen molar-refractivity contribution in [1.29, 1.82) is 0 Å². The number of nitrogens with zero attached hydrogens (tertiary/aromatic N) is 1. The van der Waals surface area contributed by atoms with Gasteiger partial charge in [-0.05, 0) is 19.0 Å². The summed E-state index contributed by atoms with van der Waals surface area (Å²) in [6.07, 6.45) is 2.44. The third-order valence-electron chi connectivity index (χ3n) is 1.79. The summed E-state index contributed by atoms with van der Waals surface area (Å²) in [5.41, 5.74) is 0. The minimum atomic E-state index is -3.41. The molecule has 0 unspecified atom stereocenters. The number of H-pyrrole nitrogens is 1. The maximum Gasteiger partial charge on any atom is 0.257 e. The molecule has 0 bridgehead atoms. The van der Waals surface area contributed by atoms with Crippen LogP contribution in [0.3, 0.4) is 0 Å². The maximum atomic E-state index is 11.5. The first-order chi connectivity index (χ1) is 7.17. The van der Waals surface area contributed by atoms with Crippen LogP contribution in [0, 0.1) is 0 Å². The van der Waals surface area contributed by atoms with Gasteiger partial charge in [-0.2, -0.15) is 5.10 Å². The Balaban J connectivity index is 2.32.